The average Bonchev–Trinajstić information content (AvgIpc) is 2.60. The van der Waals surface area contributed by atoms with Crippen molar-refractivity contribution in [3.8, 4) is 0 Å². The van der Waals surface area contributed by atoms with E-state index in [2.05, 4.69) is 4.72 Å². The van der Waals surface area contributed by atoms with Crippen molar-refractivity contribution < 1.29 is 23.1 Å². The van der Waals surface area contributed by atoms with E-state index in [0.29, 0.717) is 19.3 Å². The fraction of sp³-hybridized carbons (Fsp3) is 0.389. The number of hydrogen-bond acceptors (Lipinski definition) is 4. The lowest BCUT2D eigenvalue weighted by Gasteiger charge is -2.27. The molecule has 1 aliphatic heterocycles. The molecule has 0 spiro atoms. The summed E-state index contributed by atoms with van der Waals surface area (Å²) in [5, 5.41) is 11.1. The highest BCUT2D eigenvalue weighted by atomic mass is 32.2. The van der Waals surface area contributed by atoms with Crippen LogP contribution in [0.5, 0.6) is 0 Å². The highest BCUT2D eigenvalue weighted by molar-refractivity contribution is 7.89. The number of ether oxygens (including phenoxy) is 1. The van der Waals surface area contributed by atoms with Gasteiger partial charge >= 0.3 is 5.97 Å². The number of carbonyl (C=O) groups is 1. The number of aliphatic carboxylic acids is 1. The van der Waals surface area contributed by atoms with Crippen LogP contribution in [-0.4, -0.2) is 37.5 Å². The van der Waals surface area contributed by atoms with Crippen LogP contribution in [0.15, 0.2) is 42.5 Å². The third kappa shape index (κ3) is 4.56. The third-order valence-electron chi connectivity index (χ3n) is 4.39. The van der Waals surface area contributed by atoms with E-state index in [9.17, 15) is 13.2 Å². The monoisotopic (exact) mass is 363 g/mol. The van der Waals surface area contributed by atoms with Crippen molar-refractivity contribution in [3.05, 3.63) is 48.0 Å². The minimum Gasteiger partial charge on any atom is -0.479 e. The van der Waals surface area contributed by atoms with Crippen LogP contribution in [0.4, 0.5) is 0 Å². The van der Waals surface area contributed by atoms with Crippen molar-refractivity contribution >= 4 is 26.8 Å². The minimum atomic E-state index is -3.57. The van der Waals surface area contributed by atoms with Gasteiger partial charge in [0.25, 0.3) is 0 Å². The second kappa shape index (κ2) is 7.51. The van der Waals surface area contributed by atoms with Gasteiger partial charge in [0.2, 0.25) is 10.0 Å². The lowest BCUT2D eigenvalue weighted by Crippen LogP contribution is -2.40. The number of rotatable bonds is 6. The molecule has 25 heavy (non-hydrogen) atoms. The van der Waals surface area contributed by atoms with E-state index >= 15 is 0 Å². The van der Waals surface area contributed by atoms with Crippen molar-refractivity contribution in [1.29, 1.82) is 0 Å². The molecular weight excluding hydrogens is 342 g/mol. The van der Waals surface area contributed by atoms with E-state index in [1.54, 1.807) is 0 Å². The highest BCUT2D eigenvalue weighted by Crippen LogP contribution is 2.21. The van der Waals surface area contributed by atoms with Gasteiger partial charge in [-0.2, -0.15) is 0 Å². The Labute approximate surface area is 146 Å². The van der Waals surface area contributed by atoms with Gasteiger partial charge in [0, 0.05) is 6.54 Å². The molecule has 134 valence electrons. The third-order valence-corrected chi connectivity index (χ3v) is 5.79. The lowest BCUT2D eigenvalue weighted by molar-refractivity contribution is -0.157. The summed E-state index contributed by atoms with van der Waals surface area (Å²) in [6.07, 6.45) is 0.140. The van der Waals surface area contributed by atoms with Crippen molar-refractivity contribution in [3.63, 3.8) is 0 Å². The average molecular weight is 363 g/mol. The molecule has 0 amide bonds. The van der Waals surface area contributed by atoms with Crippen LogP contribution < -0.4 is 4.72 Å². The number of carboxylic acid groups (broad SMARTS) is 1. The van der Waals surface area contributed by atoms with Crippen LogP contribution in [-0.2, 0) is 26.1 Å². The Morgan fingerprint density at radius 2 is 1.92 bits per heavy atom. The molecule has 2 aromatic rings. The zero-order valence-corrected chi connectivity index (χ0v) is 14.5. The van der Waals surface area contributed by atoms with Gasteiger partial charge in [-0.3, -0.25) is 0 Å². The quantitative estimate of drug-likeness (QED) is 0.821. The van der Waals surface area contributed by atoms with Gasteiger partial charge in [0.05, 0.1) is 11.9 Å². The van der Waals surface area contributed by atoms with Crippen molar-refractivity contribution in [1.82, 2.24) is 4.72 Å². The smallest absolute Gasteiger partial charge is 0.332 e. The maximum absolute atomic E-state index is 12.3. The molecule has 0 aliphatic carbocycles. The Balaban J connectivity index is 1.64. The molecule has 6 nitrogen and oxygen atoms in total. The standard InChI is InChI=1S/C18H21NO5S/c20-18(21)17-10-4-8-15(24-17)12-25(22,23)19-11-14-7-3-6-13-5-1-2-9-16(13)14/h1-3,5-7,9,15,17,19H,4,8,10-12H2,(H,20,21)/t15-,17-/m0/s1. The van der Waals surface area contributed by atoms with Gasteiger partial charge in [0.1, 0.15) is 0 Å². The SMILES string of the molecule is O=C(O)[C@@H]1CCC[C@@H](CS(=O)(=O)NCc2cccc3ccccc23)O1. The predicted octanol–water partition coefficient (Wildman–Crippen LogP) is 2.28. The summed E-state index contributed by atoms with van der Waals surface area (Å²) in [4.78, 5) is 11.0. The number of carboxylic acids is 1. The van der Waals surface area contributed by atoms with E-state index in [1.165, 1.54) is 0 Å². The van der Waals surface area contributed by atoms with Gasteiger partial charge in [-0.05, 0) is 35.6 Å². The van der Waals surface area contributed by atoms with E-state index in [0.717, 1.165) is 16.3 Å². The molecule has 0 saturated carbocycles. The zero-order chi connectivity index (χ0) is 17.9. The summed E-state index contributed by atoms with van der Waals surface area (Å²) in [6.45, 7) is 0.193. The molecule has 0 aromatic heterocycles. The fourth-order valence-electron chi connectivity index (χ4n) is 3.14. The second-order valence-electron chi connectivity index (χ2n) is 6.26. The number of fused-ring (bicyclic) bond motifs is 1. The predicted molar refractivity (Wildman–Crippen MR) is 94.7 cm³/mol. The first kappa shape index (κ1) is 17.8. The first-order valence-electron chi connectivity index (χ1n) is 8.27. The van der Waals surface area contributed by atoms with Crippen molar-refractivity contribution in [2.24, 2.45) is 0 Å². The number of nitrogens with one attached hydrogen (secondary N) is 1. The molecule has 7 heteroatoms. The molecule has 3 rings (SSSR count). The Morgan fingerprint density at radius 1 is 1.16 bits per heavy atom. The summed E-state index contributed by atoms with van der Waals surface area (Å²) < 4.78 is 32.7. The molecule has 1 aliphatic rings. The first-order valence-corrected chi connectivity index (χ1v) is 9.92. The molecule has 2 atom stereocenters. The van der Waals surface area contributed by atoms with Gasteiger partial charge in [-0.25, -0.2) is 17.9 Å². The van der Waals surface area contributed by atoms with Gasteiger partial charge in [-0.1, -0.05) is 42.5 Å². The molecule has 0 bridgehead atoms. The van der Waals surface area contributed by atoms with Crippen LogP contribution >= 0.6 is 0 Å². The number of hydrogen-bond donors (Lipinski definition) is 2. The molecule has 1 heterocycles. The lowest BCUT2D eigenvalue weighted by atomic mass is 10.1. The minimum absolute atomic E-state index is 0.193. The summed E-state index contributed by atoms with van der Waals surface area (Å²) >= 11 is 0. The zero-order valence-electron chi connectivity index (χ0n) is 13.7. The molecule has 0 radical (unpaired) electrons. The van der Waals surface area contributed by atoms with Crippen molar-refractivity contribution in [2.45, 2.75) is 38.0 Å². The Hall–Kier alpha value is -1.96. The van der Waals surface area contributed by atoms with Gasteiger partial charge in [-0.15, -0.1) is 0 Å². The van der Waals surface area contributed by atoms with E-state index in [4.69, 9.17) is 9.84 Å². The van der Waals surface area contributed by atoms with Crippen LogP contribution in [0, 0.1) is 0 Å². The first-order chi connectivity index (χ1) is 11.9. The highest BCUT2D eigenvalue weighted by Gasteiger charge is 2.30. The summed E-state index contributed by atoms with van der Waals surface area (Å²) in [5.41, 5.74) is 0.898. The van der Waals surface area contributed by atoms with Gasteiger partial charge < -0.3 is 9.84 Å². The number of benzene rings is 2. The van der Waals surface area contributed by atoms with Crippen LogP contribution in [0.25, 0.3) is 10.8 Å². The second-order valence-corrected chi connectivity index (χ2v) is 8.11. The number of sulfonamides is 1. The normalized spacial score (nSPS) is 21.3. The van der Waals surface area contributed by atoms with Crippen LogP contribution in [0.3, 0.4) is 0 Å². The summed E-state index contributed by atoms with van der Waals surface area (Å²) in [6, 6.07) is 13.6. The molecule has 1 saturated heterocycles. The summed E-state index contributed by atoms with van der Waals surface area (Å²) in [5.74, 6) is -1.26. The molecule has 1 fully saturated rings. The van der Waals surface area contributed by atoms with E-state index in [1.807, 2.05) is 42.5 Å². The van der Waals surface area contributed by atoms with E-state index in [-0.39, 0.29) is 12.3 Å². The topological polar surface area (TPSA) is 92.7 Å². The fourth-order valence-corrected chi connectivity index (χ4v) is 4.37. The molecule has 0 unspecified atom stereocenters. The van der Waals surface area contributed by atoms with E-state index < -0.39 is 28.2 Å². The summed E-state index contributed by atoms with van der Waals surface area (Å²) in [7, 11) is -3.57. The molecule has 2 N–H and O–H groups in total. The Bertz CT molecular complexity index is 859. The maximum Gasteiger partial charge on any atom is 0.332 e. The Morgan fingerprint density at radius 3 is 2.72 bits per heavy atom. The molecule has 2 aromatic carbocycles. The molecular formula is C18H21NO5S. The van der Waals surface area contributed by atoms with Crippen LogP contribution in [0.2, 0.25) is 0 Å². The van der Waals surface area contributed by atoms with Crippen LogP contribution in [0.1, 0.15) is 24.8 Å². The van der Waals surface area contributed by atoms with Crippen molar-refractivity contribution in [2.75, 3.05) is 5.75 Å². The maximum atomic E-state index is 12.3. The largest absolute Gasteiger partial charge is 0.479 e. The Kier molecular flexibility index (Phi) is 5.36. The van der Waals surface area contributed by atoms with Gasteiger partial charge in [0.15, 0.2) is 6.10 Å².